The molecular formula is C20H18N4O3. The number of carbonyl (C=O) groups is 1. The zero-order chi connectivity index (χ0) is 18.8. The number of rotatable bonds is 5. The molecule has 7 heteroatoms. The number of nitrogens with zero attached hydrogens (tertiary/aromatic N) is 2. The molecule has 0 bridgehead atoms. The number of anilines is 4. The number of ether oxygens (including phenoxy) is 2. The van der Waals surface area contributed by atoms with Crippen molar-refractivity contribution in [3.8, 4) is 11.5 Å². The van der Waals surface area contributed by atoms with Crippen molar-refractivity contribution in [2.75, 3.05) is 17.4 Å². The fraction of sp³-hybridized carbons (Fsp3) is 0.150. The van der Waals surface area contributed by atoms with Gasteiger partial charge in [0.15, 0.2) is 17.3 Å². The van der Waals surface area contributed by atoms with Crippen molar-refractivity contribution < 1.29 is 14.3 Å². The van der Waals surface area contributed by atoms with E-state index in [1.165, 1.54) is 0 Å². The third-order valence-electron chi connectivity index (χ3n) is 4.05. The molecular weight excluding hydrogens is 344 g/mol. The second-order valence-electron chi connectivity index (χ2n) is 6.17. The van der Waals surface area contributed by atoms with Gasteiger partial charge in [0.1, 0.15) is 5.82 Å². The minimum atomic E-state index is 0.0311. The van der Waals surface area contributed by atoms with E-state index in [-0.39, 0.29) is 12.6 Å². The molecule has 4 rings (SSSR count). The zero-order valence-electron chi connectivity index (χ0n) is 14.9. The van der Waals surface area contributed by atoms with Gasteiger partial charge >= 0.3 is 0 Å². The van der Waals surface area contributed by atoms with Crippen LogP contribution in [0.2, 0.25) is 0 Å². The molecule has 0 unspecified atom stereocenters. The molecule has 2 N–H and O–H groups in total. The highest BCUT2D eigenvalue weighted by atomic mass is 16.7. The Morgan fingerprint density at radius 2 is 1.67 bits per heavy atom. The van der Waals surface area contributed by atoms with Gasteiger partial charge in [-0.3, -0.25) is 4.79 Å². The van der Waals surface area contributed by atoms with Gasteiger partial charge in [-0.25, -0.2) is 4.98 Å². The number of aromatic nitrogens is 2. The summed E-state index contributed by atoms with van der Waals surface area (Å²) in [7, 11) is 0. The van der Waals surface area contributed by atoms with Crippen LogP contribution in [-0.2, 0) is 0 Å². The molecule has 0 spiro atoms. The Kier molecular flexibility index (Phi) is 4.33. The van der Waals surface area contributed by atoms with Crippen LogP contribution in [0.1, 0.15) is 23.0 Å². The number of ketones is 1. The van der Waals surface area contributed by atoms with E-state index >= 15 is 0 Å². The Morgan fingerprint density at radius 1 is 0.926 bits per heavy atom. The van der Waals surface area contributed by atoms with E-state index in [0.29, 0.717) is 23.1 Å². The van der Waals surface area contributed by atoms with E-state index in [2.05, 4.69) is 20.6 Å². The van der Waals surface area contributed by atoms with Crippen molar-refractivity contribution in [3.05, 3.63) is 59.8 Å². The first-order valence-electron chi connectivity index (χ1n) is 8.47. The second-order valence-corrected chi connectivity index (χ2v) is 6.17. The molecule has 1 aliphatic heterocycles. The van der Waals surface area contributed by atoms with Gasteiger partial charge in [-0.05, 0) is 50.2 Å². The molecule has 1 aliphatic rings. The molecule has 0 atom stereocenters. The Hall–Kier alpha value is -3.61. The summed E-state index contributed by atoms with van der Waals surface area (Å²) in [6, 6.07) is 14.7. The Bertz CT molecular complexity index is 1000. The van der Waals surface area contributed by atoms with Gasteiger partial charge in [-0.15, -0.1) is 0 Å². The number of carbonyl (C=O) groups excluding carboxylic acids is 1. The summed E-state index contributed by atoms with van der Waals surface area (Å²) in [4.78, 5) is 20.3. The molecule has 2 aromatic carbocycles. The Balaban J connectivity index is 1.53. The summed E-state index contributed by atoms with van der Waals surface area (Å²) in [5, 5.41) is 6.41. The summed E-state index contributed by atoms with van der Waals surface area (Å²) < 4.78 is 10.7. The van der Waals surface area contributed by atoms with Crippen LogP contribution in [0.15, 0.2) is 48.5 Å². The average molecular weight is 362 g/mol. The SMILES string of the molecule is CC(=O)c1ccc(Nc2nc(C)cc(Nc3ccc4c(c3)OCO4)n2)cc1. The van der Waals surface area contributed by atoms with Crippen LogP contribution in [0.25, 0.3) is 0 Å². The molecule has 0 fully saturated rings. The van der Waals surface area contributed by atoms with E-state index in [4.69, 9.17) is 9.47 Å². The first-order chi connectivity index (χ1) is 13.1. The summed E-state index contributed by atoms with van der Waals surface area (Å²) in [6.07, 6.45) is 0. The normalized spacial score (nSPS) is 11.9. The number of nitrogens with one attached hydrogen (secondary N) is 2. The first kappa shape index (κ1) is 16.8. The Morgan fingerprint density at radius 3 is 2.44 bits per heavy atom. The standard InChI is InChI=1S/C20H18N4O3/c1-12-9-19(22-16-7-8-17-18(10-16)27-11-26-17)24-20(21-12)23-15-5-3-14(4-6-15)13(2)25/h3-10H,11H2,1-2H3,(H2,21,22,23,24). The average Bonchev–Trinajstić information content (AvgIpc) is 3.09. The molecule has 0 aliphatic carbocycles. The highest BCUT2D eigenvalue weighted by Gasteiger charge is 2.13. The maximum Gasteiger partial charge on any atom is 0.231 e. The number of Topliss-reactive ketones (excluding diaryl/α,β-unsaturated/α-hetero) is 1. The van der Waals surface area contributed by atoms with Gasteiger partial charge < -0.3 is 20.1 Å². The molecule has 7 nitrogen and oxygen atoms in total. The lowest BCUT2D eigenvalue weighted by Gasteiger charge is -2.10. The van der Waals surface area contributed by atoms with Crippen LogP contribution in [0.4, 0.5) is 23.1 Å². The third kappa shape index (κ3) is 3.82. The van der Waals surface area contributed by atoms with Crippen molar-refractivity contribution >= 4 is 28.9 Å². The molecule has 2 heterocycles. The molecule has 136 valence electrons. The number of hydrogen-bond acceptors (Lipinski definition) is 7. The quantitative estimate of drug-likeness (QED) is 0.658. The summed E-state index contributed by atoms with van der Waals surface area (Å²) in [6.45, 7) is 3.68. The minimum Gasteiger partial charge on any atom is -0.454 e. The predicted octanol–water partition coefficient (Wildman–Crippen LogP) is 4.20. The maximum absolute atomic E-state index is 11.4. The van der Waals surface area contributed by atoms with Gasteiger partial charge in [0.25, 0.3) is 0 Å². The van der Waals surface area contributed by atoms with Crippen LogP contribution in [0.5, 0.6) is 11.5 Å². The summed E-state index contributed by atoms with van der Waals surface area (Å²) in [5.74, 6) is 2.59. The number of fused-ring (bicyclic) bond motifs is 1. The molecule has 0 saturated carbocycles. The van der Waals surface area contributed by atoms with Crippen molar-refractivity contribution in [1.82, 2.24) is 9.97 Å². The summed E-state index contributed by atoms with van der Waals surface area (Å²) >= 11 is 0. The van der Waals surface area contributed by atoms with Gasteiger partial charge in [-0.1, -0.05) is 0 Å². The van der Waals surface area contributed by atoms with Crippen molar-refractivity contribution in [1.29, 1.82) is 0 Å². The highest BCUT2D eigenvalue weighted by Crippen LogP contribution is 2.35. The lowest BCUT2D eigenvalue weighted by Crippen LogP contribution is -2.02. The van der Waals surface area contributed by atoms with Gasteiger partial charge in [0.05, 0.1) is 0 Å². The molecule has 3 aromatic rings. The molecule has 0 saturated heterocycles. The summed E-state index contributed by atoms with van der Waals surface area (Å²) in [5.41, 5.74) is 3.13. The smallest absolute Gasteiger partial charge is 0.231 e. The molecule has 27 heavy (non-hydrogen) atoms. The number of aryl methyl sites for hydroxylation is 1. The lowest BCUT2D eigenvalue weighted by molar-refractivity contribution is 0.101. The minimum absolute atomic E-state index is 0.0311. The second kappa shape index (κ2) is 6.95. The zero-order valence-corrected chi connectivity index (χ0v) is 14.9. The third-order valence-corrected chi connectivity index (χ3v) is 4.05. The van der Waals surface area contributed by atoms with Gasteiger partial charge in [0, 0.05) is 34.8 Å². The number of hydrogen-bond donors (Lipinski definition) is 2. The largest absolute Gasteiger partial charge is 0.454 e. The molecule has 0 radical (unpaired) electrons. The van der Waals surface area contributed by atoms with Crippen molar-refractivity contribution in [2.24, 2.45) is 0 Å². The van der Waals surface area contributed by atoms with E-state index in [0.717, 1.165) is 22.8 Å². The van der Waals surface area contributed by atoms with Crippen molar-refractivity contribution in [2.45, 2.75) is 13.8 Å². The van der Waals surface area contributed by atoms with E-state index in [9.17, 15) is 4.79 Å². The van der Waals surface area contributed by atoms with Crippen molar-refractivity contribution in [3.63, 3.8) is 0 Å². The van der Waals surface area contributed by atoms with E-state index in [1.807, 2.05) is 43.3 Å². The first-order valence-corrected chi connectivity index (χ1v) is 8.47. The Labute approximate surface area is 156 Å². The fourth-order valence-electron chi connectivity index (χ4n) is 2.73. The highest BCUT2D eigenvalue weighted by molar-refractivity contribution is 5.94. The lowest BCUT2D eigenvalue weighted by atomic mass is 10.1. The van der Waals surface area contributed by atoms with Crippen LogP contribution in [0, 0.1) is 6.92 Å². The number of benzene rings is 2. The maximum atomic E-state index is 11.4. The van der Waals surface area contributed by atoms with Gasteiger partial charge in [-0.2, -0.15) is 4.98 Å². The fourth-order valence-corrected chi connectivity index (χ4v) is 2.73. The van der Waals surface area contributed by atoms with Crippen LogP contribution in [0.3, 0.4) is 0 Å². The van der Waals surface area contributed by atoms with E-state index in [1.54, 1.807) is 19.1 Å². The van der Waals surface area contributed by atoms with Gasteiger partial charge in [0.2, 0.25) is 12.7 Å². The predicted molar refractivity (Wildman–Crippen MR) is 102 cm³/mol. The van der Waals surface area contributed by atoms with Crippen LogP contribution < -0.4 is 20.1 Å². The van der Waals surface area contributed by atoms with Crippen LogP contribution >= 0.6 is 0 Å². The topological polar surface area (TPSA) is 85.4 Å². The molecule has 1 aromatic heterocycles. The van der Waals surface area contributed by atoms with E-state index < -0.39 is 0 Å². The monoisotopic (exact) mass is 362 g/mol. The molecule has 0 amide bonds. The van der Waals surface area contributed by atoms with Crippen LogP contribution in [-0.4, -0.2) is 22.5 Å².